The van der Waals surface area contributed by atoms with Crippen LogP contribution in [0.25, 0.3) is 0 Å². The Kier molecular flexibility index (Phi) is 7.59. The van der Waals surface area contributed by atoms with Crippen molar-refractivity contribution in [3.8, 4) is 0 Å². The Morgan fingerprint density at radius 1 is 1.00 bits per heavy atom. The molecule has 3 aromatic rings. The second-order valence-corrected chi connectivity index (χ2v) is 10.9. The molecule has 0 saturated heterocycles. The van der Waals surface area contributed by atoms with E-state index < -0.39 is 21.9 Å². The zero-order chi connectivity index (χ0) is 24.2. The van der Waals surface area contributed by atoms with Gasteiger partial charge in [-0.15, -0.1) is 0 Å². The predicted molar refractivity (Wildman–Crippen MR) is 127 cm³/mol. The molecular formula is C25H26ClNO5S. The normalized spacial score (nSPS) is 13.0. The van der Waals surface area contributed by atoms with Crippen LogP contribution in [0, 0.1) is 0 Å². The molecule has 0 saturated carbocycles. The maximum Gasteiger partial charge on any atom is 0.335 e. The molecule has 0 radical (unpaired) electrons. The summed E-state index contributed by atoms with van der Waals surface area (Å²) in [7, 11) is -3.83. The lowest BCUT2D eigenvalue weighted by Crippen LogP contribution is -2.43. The molecule has 6 nitrogen and oxygen atoms in total. The highest BCUT2D eigenvalue weighted by atomic mass is 35.5. The molecule has 8 heteroatoms. The van der Waals surface area contributed by atoms with Crippen molar-refractivity contribution in [2.24, 2.45) is 0 Å². The molecule has 0 bridgehead atoms. The summed E-state index contributed by atoms with van der Waals surface area (Å²) in [4.78, 5) is 11.2. The highest BCUT2D eigenvalue weighted by Crippen LogP contribution is 2.24. The van der Waals surface area contributed by atoms with Crippen LogP contribution in [0.1, 0.15) is 41.4 Å². The molecule has 0 heterocycles. The third-order valence-electron chi connectivity index (χ3n) is 5.28. The van der Waals surface area contributed by atoms with Crippen molar-refractivity contribution in [1.82, 2.24) is 5.32 Å². The third kappa shape index (κ3) is 6.42. The largest absolute Gasteiger partial charge is 0.478 e. The summed E-state index contributed by atoms with van der Waals surface area (Å²) in [6.07, 6.45) is -0.110. The first kappa shape index (κ1) is 24.9. The SMILES string of the molecule is CC(C)(Cc1ccc(S(=O)(=O)c2cccc(C(=O)O)c2)cc1)NC[C@H](O)c1cccc(Cl)c1. The van der Waals surface area contributed by atoms with Gasteiger partial charge in [-0.2, -0.15) is 0 Å². The maximum atomic E-state index is 12.9. The molecule has 0 aliphatic heterocycles. The van der Waals surface area contributed by atoms with Crippen molar-refractivity contribution >= 4 is 27.4 Å². The van der Waals surface area contributed by atoms with E-state index in [9.17, 15) is 18.3 Å². The number of aliphatic hydroxyl groups is 1. The van der Waals surface area contributed by atoms with Gasteiger partial charge in [0.25, 0.3) is 0 Å². The molecule has 0 aliphatic carbocycles. The highest BCUT2D eigenvalue weighted by molar-refractivity contribution is 7.91. The van der Waals surface area contributed by atoms with Crippen LogP contribution in [0.5, 0.6) is 0 Å². The Balaban J connectivity index is 1.68. The van der Waals surface area contributed by atoms with Crippen molar-refractivity contribution in [1.29, 1.82) is 0 Å². The molecule has 3 aromatic carbocycles. The number of hydrogen-bond donors (Lipinski definition) is 3. The summed E-state index contributed by atoms with van der Waals surface area (Å²) in [5.41, 5.74) is 1.20. The fraction of sp³-hybridized carbons (Fsp3) is 0.240. The number of carboxylic acid groups (broad SMARTS) is 1. The zero-order valence-corrected chi connectivity index (χ0v) is 19.9. The van der Waals surface area contributed by atoms with Gasteiger partial charge in [0, 0.05) is 17.1 Å². The minimum Gasteiger partial charge on any atom is -0.478 e. The molecule has 0 spiro atoms. The van der Waals surface area contributed by atoms with Crippen LogP contribution >= 0.6 is 11.6 Å². The number of halogens is 1. The van der Waals surface area contributed by atoms with Gasteiger partial charge in [-0.05, 0) is 73.9 Å². The molecule has 0 fully saturated rings. The molecule has 3 rings (SSSR count). The molecule has 174 valence electrons. The minimum absolute atomic E-state index is 0.0628. The molecule has 0 aromatic heterocycles. The number of β-amino-alcohol motifs (C(OH)–C–C–N with tert-alkyl or cyclic N) is 1. The van der Waals surface area contributed by atoms with E-state index in [1.807, 2.05) is 19.9 Å². The van der Waals surface area contributed by atoms with Gasteiger partial charge >= 0.3 is 5.97 Å². The topological polar surface area (TPSA) is 104 Å². The van der Waals surface area contributed by atoms with Crippen LogP contribution in [-0.2, 0) is 16.3 Å². The standard InChI is InChI=1S/C25H26ClNO5S/c1-25(2,27-16-23(28)18-5-3-7-20(26)13-18)15-17-9-11-21(12-10-17)33(31,32)22-8-4-6-19(14-22)24(29)30/h3-14,23,27-28H,15-16H2,1-2H3,(H,29,30)/t23-/m0/s1. The highest BCUT2D eigenvalue weighted by Gasteiger charge is 2.22. The Hall–Kier alpha value is -2.71. The van der Waals surface area contributed by atoms with Gasteiger partial charge in [0.15, 0.2) is 0 Å². The quantitative estimate of drug-likeness (QED) is 0.410. The van der Waals surface area contributed by atoms with E-state index in [0.717, 1.165) is 17.2 Å². The number of aromatic carboxylic acids is 1. The number of nitrogens with one attached hydrogen (secondary N) is 1. The van der Waals surface area contributed by atoms with Crippen LogP contribution < -0.4 is 5.32 Å². The van der Waals surface area contributed by atoms with Gasteiger partial charge in [-0.1, -0.05) is 41.9 Å². The number of sulfone groups is 1. The zero-order valence-electron chi connectivity index (χ0n) is 18.3. The lowest BCUT2D eigenvalue weighted by Gasteiger charge is -2.28. The number of rotatable bonds is 9. The number of carboxylic acids is 1. The van der Waals surface area contributed by atoms with E-state index in [0.29, 0.717) is 18.0 Å². The van der Waals surface area contributed by atoms with Crippen LogP contribution in [0.15, 0.2) is 82.6 Å². The molecule has 0 amide bonds. The summed E-state index contributed by atoms with van der Waals surface area (Å²) >= 11 is 5.99. The third-order valence-corrected chi connectivity index (χ3v) is 7.28. The lowest BCUT2D eigenvalue weighted by atomic mass is 9.94. The molecule has 33 heavy (non-hydrogen) atoms. The number of carbonyl (C=O) groups is 1. The summed E-state index contributed by atoms with van der Waals surface area (Å²) in [6.45, 7) is 4.33. The Labute approximate surface area is 198 Å². The van der Waals surface area contributed by atoms with E-state index in [1.165, 1.54) is 30.3 Å². The van der Waals surface area contributed by atoms with Crippen LogP contribution in [-0.4, -0.2) is 36.7 Å². The van der Waals surface area contributed by atoms with E-state index in [4.69, 9.17) is 16.7 Å². The van der Waals surface area contributed by atoms with Crippen molar-refractivity contribution in [3.05, 3.63) is 94.5 Å². The van der Waals surface area contributed by atoms with Crippen molar-refractivity contribution < 1.29 is 23.4 Å². The number of aliphatic hydroxyl groups excluding tert-OH is 1. The van der Waals surface area contributed by atoms with Gasteiger partial charge in [-0.3, -0.25) is 0 Å². The second kappa shape index (κ2) is 10.1. The van der Waals surface area contributed by atoms with Crippen molar-refractivity contribution in [3.63, 3.8) is 0 Å². The Morgan fingerprint density at radius 3 is 2.30 bits per heavy atom. The molecular weight excluding hydrogens is 462 g/mol. The average Bonchev–Trinajstić information content (AvgIpc) is 2.77. The minimum atomic E-state index is -3.83. The van der Waals surface area contributed by atoms with E-state index in [-0.39, 0.29) is 20.9 Å². The molecule has 0 unspecified atom stereocenters. The monoisotopic (exact) mass is 487 g/mol. The summed E-state index contributed by atoms with van der Waals surface area (Å²) < 4.78 is 25.8. The van der Waals surface area contributed by atoms with Crippen molar-refractivity contribution in [2.45, 2.75) is 41.7 Å². The number of hydrogen-bond acceptors (Lipinski definition) is 5. The van der Waals surface area contributed by atoms with Crippen LogP contribution in [0.3, 0.4) is 0 Å². The lowest BCUT2D eigenvalue weighted by molar-refractivity contribution is 0.0696. The van der Waals surface area contributed by atoms with E-state index >= 15 is 0 Å². The van der Waals surface area contributed by atoms with Gasteiger partial charge in [0.2, 0.25) is 9.84 Å². The number of benzene rings is 3. The molecule has 3 N–H and O–H groups in total. The van der Waals surface area contributed by atoms with Gasteiger partial charge < -0.3 is 15.5 Å². The smallest absolute Gasteiger partial charge is 0.335 e. The summed E-state index contributed by atoms with van der Waals surface area (Å²) in [5, 5.41) is 23.5. The van der Waals surface area contributed by atoms with E-state index in [2.05, 4.69) is 5.32 Å². The first-order valence-corrected chi connectivity index (χ1v) is 12.2. The van der Waals surface area contributed by atoms with Crippen LogP contribution in [0.2, 0.25) is 5.02 Å². The van der Waals surface area contributed by atoms with Gasteiger partial charge in [0.05, 0.1) is 21.5 Å². The summed E-state index contributed by atoms with van der Waals surface area (Å²) in [6, 6.07) is 18.9. The van der Waals surface area contributed by atoms with Gasteiger partial charge in [-0.25, -0.2) is 13.2 Å². The predicted octanol–water partition coefficient (Wildman–Crippen LogP) is 4.52. The molecule has 0 aliphatic rings. The van der Waals surface area contributed by atoms with Crippen LogP contribution in [0.4, 0.5) is 0 Å². The summed E-state index contributed by atoms with van der Waals surface area (Å²) in [5.74, 6) is -1.18. The van der Waals surface area contributed by atoms with Crippen molar-refractivity contribution in [2.75, 3.05) is 6.54 Å². The van der Waals surface area contributed by atoms with Gasteiger partial charge in [0.1, 0.15) is 0 Å². The first-order chi connectivity index (χ1) is 15.5. The first-order valence-electron chi connectivity index (χ1n) is 10.3. The van der Waals surface area contributed by atoms with E-state index in [1.54, 1.807) is 30.3 Å². The fourth-order valence-corrected chi connectivity index (χ4v) is 5.00. The second-order valence-electron chi connectivity index (χ2n) is 8.49. The maximum absolute atomic E-state index is 12.9. The Morgan fingerprint density at radius 2 is 1.67 bits per heavy atom. The fourth-order valence-electron chi connectivity index (χ4n) is 3.50. The Bertz CT molecular complexity index is 1240. The average molecular weight is 488 g/mol. The molecule has 1 atom stereocenters.